The van der Waals surface area contributed by atoms with Gasteiger partial charge in [0.2, 0.25) is 11.7 Å². The lowest BCUT2D eigenvalue weighted by atomic mass is 10.1. The predicted molar refractivity (Wildman–Crippen MR) is 97.3 cm³/mol. The van der Waals surface area contributed by atoms with Crippen LogP contribution < -0.4 is 5.32 Å². The molecule has 140 valence electrons. The van der Waals surface area contributed by atoms with Gasteiger partial charge in [-0.15, -0.1) is 0 Å². The third kappa shape index (κ3) is 6.03. The Morgan fingerprint density at radius 1 is 1.04 bits per heavy atom. The van der Waals surface area contributed by atoms with E-state index in [0.29, 0.717) is 11.3 Å². The number of benzene rings is 2. The number of ether oxygens (including phenoxy) is 1. The second-order valence-corrected chi connectivity index (χ2v) is 5.71. The number of ketones is 1. The van der Waals surface area contributed by atoms with Gasteiger partial charge in [-0.1, -0.05) is 30.3 Å². The molecule has 0 unspecified atom stereocenters. The number of hydrogen-bond acceptors (Lipinski definition) is 6. The molecule has 0 heterocycles. The van der Waals surface area contributed by atoms with E-state index >= 15 is 0 Å². The van der Waals surface area contributed by atoms with Crippen molar-refractivity contribution in [3.05, 3.63) is 70.3 Å². The first kappa shape index (κ1) is 19.8. The number of rotatable bonds is 8. The summed E-state index contributed by atoms with van der Waals surface area (Å²) in [5.74, 6) is -1.42. The maximum Gasteiger partial charge on any atom is 0.307 e. The fourth-order valence-electron chi connectivity index (χ4n) is 2.25. The number of nitrogens with zero attached hydrogens (tertiary/aromatic N) is 1. The minimum Gasteiger partial charge on any atom is -0.454 e. The molecule has 0 saturated heterocycles. The highest BCUT2D eigenvalue weighted by atomic mass is 16.6. The van der Waals surface area contributed by atoms with Gasteiger partial charge >= 0.3 is 5.97 Å². The van der Waals surface area contributed by atoms with Crippen molar-refractivity contribution >= 4 is 29.0 Å². The van der Waals surface area contributed by atoms with Gasteiger partial charge in [0.15, 0.2) is 6.10 Å². The second-order valence-electron chi connectivity index (χ2n) is 5.71. The summed E-state index contributed by atoms with van der Waals surface area (Å²) in [6.07, 6.45) is -1.27. The molecule has 0 aromatic heterocycles. The average Bonchev–Trinajstić information content (AvgIpc) is 2.67. The van der Waals surface area contributed by atoms with Crippen LogP contribution in [0.2, 0.25) is 0 Å². The molecule has 0 saturated carbocycles. The highest BCUT2D eigenvalue weighted by Gasteiger charge is 2.19. The predicted octanol–water partition coefficient (Wildman–Crippen LogP) is 3.13. The number of carbonyl (C=O) groups is 3. The van der Waals surface area contributed by atoms with Crippen molar-refractivity contribution in [1.82, 2.24) is 0 Å². The van der Waals surface area contributed by atoms with E-state index < -0.39 is 22.9 Å². The Morgan fingerprint density at radius 3 is 2.26 bits per heavy atom. The van der Waals surface area contributed by atoms with Crippen LogP contribution in [0.25, 0.3) is 0 Å². The van der Waals surface area contributed by atoms with Crippen LogP contribution in [-0.2, 0) is 14.3 Å². The van der Waals surface area contributed by atoms with Crippen molar-refractivity contribution in [3.63, 3.8) is 0 Å². The third-order valence-electron chi connectivity index (χ3n) is 3.65. The molecule has 8 heteroatoms. The first-order valence-electron chi connectivity index (χ1n) is 8.20. The van der Waals surface area contributed by atoms with E-state index in [9.17, 15) is 24.5 Å². The van der Waals surface area contributed by atoms with Gasteiger partial charge in [0, 0.05) is 29.8 Å². The van der Waals surface area contributed by atoms with Crippen molar-refractivity contribution in [1.29, 1.82) is 0 Å². The molecule has 8 nitrogen and oxygen atoms in total. The van der Waals surface area contributed by atoms with E-state index in [1.165, 1.54) is 31.2 Å². The molecule has 1 N–H and O–H groups in total. The summed E-state index contributed by atoms with van der Waals surface area (Å²) < 4.78 is 5.07. The SMILES string of the molecule is C[C@@H](OC(=O)CCC(=O)Nc1ccc([N+](=O)[O-])cc1)C(=O)c1ccccc1. The van der Waals surface area contributed by atoms with Gasteiger partial charge in [0.05, 0.1) is 11.3 Å². The number of amides is 1. The van der Waals surface area contributed by atoms with Crippen LogP contribution in [0.1, 0.15) is 30.1 Å². The van der Waals surface area contributed by atoms with Crippen LogP contribution in [0.5, 0.6) is 0 Å². The van der Waals surface area contributed by atoms with Gasteiger partial charge < -0.3 is 10.1 Å². The minimum atomic E-state index is -0.947. The summed E-state index contributed by atoms with van der Waals surface area (Å²) in [7, 11) is 0. The van der Waals surface area contributed by atoms with Crippen molar-refractivity contribution in [3.8, 4) is 0 Å². The van der Waals surface area contributed by atoms with Crippen LogP contribution >= 0.6 is 0 Å². The van der Waals surface area contributed by atoms with E-state index in [1.54, 1.807) is 30.3 Å². The Bertz CT molecular complexity index is 833. The molecule has 0 aliphatic rings. The van der Waals surface area contributed by atoms with Crippen LogP contribution in [0.4, 0.5) is 11.4 Å². The van der Waals surface area contributed by atoms with E-state index in [1.807, 2.05) is 0 Å². The Kier molecular flexibility index (Phi) is 6.76. The first-order chi connectivity index (χ1) is 12.9. The molecule has 0 bridgehead atoms. The van der Waals surface area contributed by atoms with Gasteiger partial charge in [-0.3, -0.25) is 24.5 Å². The topological polar surface area (TPSA) is 116 Å². The molecule has 0 aliphatic carbocycles. The minimum absolute atomic E-state index is 0.0892. The molecule has 2 aromatic rings. The zero-order chi connectivity index (χ0) is 19.8. The highest BCUT2D eigenvalue weighted by molar-refractivity contribution is 6.00. The quantitative estimate of drug-likeness (QED) is 0.330. The van der Waals surface area contributed by atoms with E-state index in [4.69, 9.17) is 4.74 Å². The van der Waals surface area contributed by atoms with E-state index in [0.717, 1.165) is 0 Å². The lowest BCUT2D eigenvalue weighted by Gasteiger charge is -2.12. The maximum absolute atomic E-state index is 12.1. The Morgan fingerprint density at radius 2 is 1.67 bits per heavy atom. The number of anilines is 1. The first-order valence-corrected chi connectivity index (χ1v) is 8.20. The Balaban J connectivity index is 1.78. The summed E-state index contributed by atoms with van der Waals surface area (Å²) >= 11 is 0. The lowest BCUT2D eigenvalue weighted by molar-refractivity contribution is -0.384. The number of carbonyl (C=O) groups excluding carboxylic acids is 3. The third-order valence-corrected chi connectivity index (χ3v) is 3.65. The fourth-order valence-corrected chi connectivity index (χ4v) is 2.25. The molecule has 1 amide bonds. The molecule has 0 spiro atoms. The molecule has 27 heavy (non-hydrogen) atoms. The molecular weight excluding hydrogens is 352 g/mol. The molecule has 0 radical (unpaired) electrons. The number of nitro benzene ring substituents is 1. The smallest absolute Gasteiger partial charge is 0.307 e. The highest BCUT2D eigenvalue weighted by Crippen LogP contribution is 2.16. The molecule has 2 aromatic carbocycles. The molecule has 0 aliphatic heterocycles. The zero-order valence-corrected chi connectivity index (χ0v) is 14.6. The van der Waals surface area contributed by atoms with Gasteiger partial charge in [0.25, 0.3) is 5.69 Å². The van der Waals surface area contributed by atoms with Crippen molar-refractivity contribution in [2.24, 2.45) is 0 Å². The van der Waals surface area contributed by atoms with Gasteiger partial charge in [-0.05, 0) is 19.1 Å². The second kappa shape index (κ2) is 9.23. The number of hydrogen-bond donors (Lipinski definition) is 1. The van der Waals surface area contributed by atoms with E-state index in [-0.39, 0.29) is 24.3 Å². The van der Waals surface area contributed by atoms with Crippen molar-refractivity contribution in [2.75, 3.05) is 5.32 Å². The lowest BCUT2D eigenvalue weighted by Crippen LogP contribution is -2.25. The van der Waals surface area contributed by atoms with Crippen LogP contribution in [0.3, 0.4) is 0 Å². The van der Waals surface area contributed by atoms with Crippen LogP contribution in [0.15, 0.2) is 54.6 Å². The number of nitro groups is 1. The van der Waals surface area contributed by atoms with Crippen molar-refractivity contribution < 1.29 is 24.0 Å². The molecular formula is C19H18N2O6. The van der Waals surface area contributed by atoms with Crippen molar-refractivity contribution in [2.45, 2.75) is 25.9 Å². The number of non-ortho nitro benzene ring substituents is 1. The number of Topliss-reactive ketones (excluding diaryl/α,β-unsaturated/α-hetero) is 1. The summed E-state index contributed by atoms with van der Waals surface area (Å²) in [5.41, 5.74) is 0.731. The normalized spacial score (nSPS) is 11.3. The summed E-state index contributed by atoms with van der Waals surface area (Å²) in [5, 5.41) is 13.1. The van der Waals surface area contributed by atoms with Crippen LogP contribution in [-0.4, -0.2) is 28.7 Å². The van der Waals surface area contributed by atoms with Gasteiger partial charge in [0.1, 0.15) is 0 Å². The zero-order valence-electron chi connectivity index (χ0n) is 14.6. The molecule has 1 atom stereocenters. The van der Waals surface area contributed by atoms with Gasteiger partial charge in [-0.25, -0.2) is 0 Å². The summed E-state index contributed by atoms with van der Waals surface area (Å²) in [6.45, 7) is 1.48. The fraction of sp³-hybridized carbons (Fsp3) is 0.211. The van der Waals surface area contributed by atoms with E-state index in [2.05, 4.69) is 5.32 Å². The average molecular weight is 370 g/mol. The largest absolute Gasteiger partial charge is 0.454 e. The molecule has 2 rings (SSSR count). The number of nitrogens with one attached hydrogen (secondary N) is 1. The monoisotopic (exact) mass is 370 g/mol. The summed E-state index contributed by atoms with van der Waals surface area (Å²) in [4.78, 5) is 45.9. The van der Waals surface area contributed by atoms with Crippen LogP contribution in [0, 0.1) is 10.1 Å². The molecule has 0 fully saturated rings. The van der Waals surface area contributed by atoms with Gasteiger partial charge in [-0.2, -0.15) is 0 Å². The Labute approximate surface area is 155 Å². The maximum atomic E-state index is 12.1. The Hall–Kier alpha value is -3.55. The standard InChI is InChI=1S/C19H18N2O6/c1-13(19(24)14-5-3-2-4-6-14)27-18(23)12-11-17(22)20-15-7-9-16(10-8-15)21(25)26/h2-10,13H,11-12H2,1H3,(H,20,22)/t13-/m1/s1. The summed E-state index contributed by atoms with van der Waals surface area (Å²) in [6, 6.07) is 13.8. The number of esters is 1.